The van der Waals surface area contributed by atoms with Gasteiger partial charge in [-0.25, -0.2) is 0 Å². The first-order chi connectivity index (χ1) is 9.10. The molecule has 1 saturated carbocycles. The first-order valence-corrected chi connectivity index (χ1v) is 7.20. The zero-order chi connectivity index (χ0) is 13.8. The molecule has 3 heteroatoms. The van der Waals surface area contributed by atoms with E-state index in [-0.39, 0.29) is 5.91 Å². The van der Waals surface area contributed by atoms with E-state index in [0.29, 0.717) is 18.5 Å². The average molecular weight is 260 g/mol. The Balaban J connectivity index is 1.96. The smallest absolute Gasteiger partial charge is 0.251 e. The molecule has 3 unspecified atom stereocenters. The van der Waals surface area contributed by atoms with Crippen molar-refractivity contribution in [2.24, 2.45) is 17.6 Å². The maximum Gasteiger partial charge on any atom is 0.251 e. The predicted molar refractivity (Wildman–Crippen MR) is 77.8 cm³/mol. The highest BCUT2D eigenvalue weighted by atomic mass is 16.1. The Labute approximate surface area is 115 Å². The Bertz CT molecular complexity index is 427. The third-order valence-electron chi connectivity index (χ3n) is 4.20. The third kappa shape index (κ3) is 3.57. The van der Waals surface area contributed by atoms with Crippen LogP contribution in [0.3, 0.4) is 0 Å². The number of hydrogen-bond acceptors (Lipinski definition) is 2. The van der Waals surface area contributed by atoms with Crippen molar-refractivity contribution in [2.45, 2.75) is 45.7 Å². The molecule has 1 aromatic carbocycles. The Kier molecular flexibility index (Phi) is 4.59. The van der Waals surface area contributed by atoms with Crippen LogP contribution in [0.1, 0.15) is 49.0 Å². The lowest BCUT2D eigenvalue weighted by Crippen LogP contribution is -2.42. The fourth-order valence-electron chi connectivity index (χ4n) is 2.92. The zero-order valence-corrected chi connectivity index (χ0v) is 11.9. The van der Waals surface area contributed by atoms with Gasteiger partial charge in [-0.15, -0.1) is 0 Å². The van der Waals surface area contributed by atoms with E-state index in [1.807, 2.05) is 24.3 Å². The minimum Gasteiger partial charge on any atom is -0.349 e. The quantitative estimate of drug-likeness (QED) is 0.878. The van der Waals surface area contributed by atoms with Gasteiger partial charge in [-0.1, -0.05) is 26.0 Å². The molecule has 0 aliphatic heterocycles. The molecule has 3 N–H and O–H groups in total. The van der Waals surface area contributed by atoms with Crippen molar-refractivity contribution >= 4 is 5.91 Å². The molecular weight excluding hydrogens is 236 g/mol. The van der Waals surface area contributed by atoms with Gasteiger partial charge in [-0.3, -0.25) is 4.79 Å². The van der Waals surface area contributed by atoms with Crippen molar-refractivity contribution in [1.29, 1.82) is 0 Å². The maximum absolute atomic E-state index is 12.2. The Morgan fingerprint density at radius 3 is 2.53 bits per heavy atom. The zero-order valence-electron chi connectivity index (χ0n) is 11.9. The Morgan fingerprint density at radius 1 is 1.26 bits per heavy atom. The van der Waals surface area contributed by atoms with Gasteiger partial charge in [0, 0.05) is 18.2 Å². The van der Waals surface area contributed by atoms with E-state index < -0.39 is 0 Å². The Morgan fingerprint density at radius 2 is 1.95 bits per heavy atom. The summed E-state index contributed by atoms with van der Waals surface area (Å²) in [5, 5.41) is 3.17. The minimum absolute atomic E-state index is 0.0370. The van der Waals surface area contributed by atoms with Gasteiger partial charge in [-0.05, 0) is 48.8 Å². The van der Waals surface area contributed by atoms with Gasteiger partial charge >= 0.3 is 0 Å². The van der Waals surface area contributed by atoms with Gasteiger partial charge < -0.3 is 11.1 Å². The van der Waals surface area contributed by atoms with E-state index in [1.54, 1.807) is 0 Å². The van der Waals surface area contributed by atoms with Crippen molar-refractivity contribution in [3.63, 3.8) is 0 Å². The summed E-state index contributed by atoms with van der Waals surface area (Å²) >= 11 is 0. The number of amides is 1. The third-order valence-corrected chi connectivity index (χ3v) is 4.20. The summed E-state index contributed by atoms with van der Waals surface area (Å²) in [5.41, 5.74) is 7.33. The van der Waals surface area contributed by atoms with Crippen LogP contribution in [0.4, 0.5) is 0 Å². The van der Waals surface area contributed by atoms with Crippen LogP contribution in [0.25, 0.3) is 0 Å². The topological polar surface area (TPSA) is 55.1 Å². The molecule has 1 amide bonds. The van der Waals surface area contributed by atoms with Crippen molar-refractivity contribution < 1.29 is 4.79 Å². The molecular formula is C16H24N2O. The number of nitrogens with two attached hydrogens (primary N) is 1. The number of carbonyl (C=O) groups is 1. The molecule has 0 aromatic heterocycles. The van der Waals surface area contributed by atoms with Crippen molar-refractivity contribution in [1.82, 2.24) is 5.32 Å². The van der Waals surface area contributed by atoms with E-state index in [9.17, 15) is 4.79 Å². The van der Waals surface area contributed by atoms with Crippen molar-refractivity contribution in [2.75, 3.05) is 0 Å². The molecule has 0 spiro atoms. The lowest BCUT2D eigenvalue weighted by atomic mass is 9.80. The summed E-state index contributed by atoms with van der Waals surface area (Å²) in [4.78, 5) is 12.2. The van der Waals surface area contributed by atoms with E-state index in [2.05, 4.69) is 19.2 Å². The second kappa shape index (κ2) is 6.20. The molecule has 1 aromatic rings. The minimum atomic E-state index is 0.0370. The Hall–Kier alpha value is -1.35. The molecule has 1 aliphatic rings. The fraction of sp³-hybridized carbons (Fsp3) is 0.562. The largest absolute Gasteiger partial charge is 0.349 e. The van der Waals surface area contributed by atoms with E-state index >= 15 is 0 Å². The molecule has 0 heterocycles. The van der Waals surface area contributed by atoms with E-state index in [1.165, 1.54) is 12.8 Å². The van der Waals surface area contributed by atoms with Crippen LogP contribution in [0.15, 0.2) is 24.3 Å². The normalized spacial score (nSPS) is 27.0. The van der Waals surface area contributed by atoms with Crippen LogP contribution in [-0.2, 0) is 6.54 Å². The van der Waals surface area contributed by atoms with Gasteiger partial charge in [0.1, 0.15) is 0 Å². The molecule has 104 valence electrons. The monoisotopic (exact) mass is 260 g/mol. The average Bonchev–Trinajstić information content (AvgIpc) is 2.42. The second-order valence-corrected chi connectivity index (χ2v) is 5.88. The summed E-state index contributed by atoms with van der Waals surface area (Å²) < 4.78 is 0. The van der Waals surface area contributed by atoms with Gasteiger partial charge in [0.2, 0.25) is 0 Å². The molecule has 3 atom stereocenters. The SMILES string of the molecule is CC1CCC(NC(=O)c2ccc(CN)cc2)C(C)C1. The van der Waals surface area contributed by atoms with Crippen LogP contribution >= 0.6 is 0 Å². The molecule has 0 saturated heterocycles. The molecule has 19 heavy (non-hydrogen) atoms. The van der Waals surface area contributed by atoms with Crippen LogP contribution < -0.4 is 11.1 Å². The first kappa shape index (κ1) is 14.1. The van der Waals surface area contributed by atoms with Gasteiger partial charge in [0.05, 0.1) is 0 Å². The predicted octanol–water partition coefficient (Wildman–Crippen LogP) is 2.70. The summed E-state index contributed by atoms with van der Waals surface area (Å²) in [6.45, 7) is 5.04. The second-order valence-electron chi connectivity index (χ2n) is 5.88. The summed E-state index contributed by atoms with van der Waals surface area (Å²) in [5.74, 6) is 1.39. The van der Waals surface area contributed by atoms with Crippen LogP contribution in [-0.4, -0.2) is 11.9 Å². The summed E-state index contributed by atoms with van der Waals surface area (Å²) in [6.07, 6.45) is 3.51. The number of rotatable bonds is 3. The molecule has 0 bridgehead atoms. The standard InChI is InChI=1S/C16H24N2O/c1-11-3-8-15(12(2)9-11)18-16(19)14-6-4-13(10-17)5-7-14/h4-7,11-12,15H,3,8-10,17H2,1-2H3,(H,18,19). The van der Waals surface area contributed by atoms with Gasteiger partial charge in [-0.2, -0.15) is 0 Å². The molecule has 1 fully saturated rings. The first-order valence-electron chi connectivity index (χ1n) is 7.20. The highest BCUT2D eigenvalue weighted by molar-refractivity contribution is 5.94. The van der Waals surface area contributed by atoms with E-state index in [0.717, 1.165) is 23.5 Å². The number of nitrogens with one attached hydrogen (secondary N) is 1. The van der Waals surface area contributed by atoms with Crippen LogP contribution in [0.5, 0.6) is 0 Å². The highest BCUT2D eigenvalue weighted by Gasteiger charge is 2.26. The number of carbonyl (C=O) groups excluding carboxylic acids is 1. The summed E-state index contributed by atoms with van der Waals surface area (Å²) in [6, 6.07) is 7.86. The lowest BCUT2D eigenvalue weighted by molar-refractivity contribution is 0.0899. The highest BCUT2D eigenvalue weighted by Crippen LogP contribution is 2.28. The molecule has 1 aliphatic carbocycles. The maximum atomic E-state index is 12.2. The number of benzene rings is 1. The van der Waals surface area contributed by atoms with Crippen molar-refractivity contribution in [3.05, 3.63) is 35.4 Å². The molecule has 2 rings (SSSR count). The molecule has 3 nitrogen and oxygen atoms in total. The van der Waals surface area contributed by atoms with Gasteiger partial charge in [0.25, 0.3) is 5.91 Å². The molecule has 0 radical (unpaired) electrons. The lowest BCUT2D eigenvalue weighted by Gasteiger charge is -2.33. The fourth-order valence-corrected chi connectivity index (χ4v) is 2.92. The van der Waals surface area contributed by atoms with E-state index in [4.69, 9.17) is 5.73 Å². The van der Waals surface area contributed by atoms with Gasteiger partial charge in [0.15, 0.2) is 0 Å². The summed E-state index contributed by atoms with van der Waals surface area (Å²) in [7, 11) is 0. The van der Waals surface area contributed by atoms with Crippen molar-refractivity contribution in [3.8, 4) is 0 Å². The van der Waals surface area contributed by atoms with Crippen LogP contribution in [0, 0.1) is 11.8 Å². The van der Waals surface area contributed by atoms with Crippen LogP contribution in [0.2, 0.25) is 0 Å². The number of hydrogen-bond donors (Lipinski definition) is 2.